The number of hydrogen-bond donors (Lipinski definition) is 0. The van der Waals surface area contributed by atoms with E-state index in [9.17, 15) is 13.2 Å². The van der Waals surface area contributed by atoms with Crippen molar-refractivity contribution in [3.63, 3.8) is 0 Å². The van der Waals surface area contributed by atoms with Gasteiger partial charge in [0, 0.05) is 0 Å². The van der Waals surface area contributed by atoms with Crippen molar-refractivity contribution in [3.8, 4) is 16.8 Å². The molecule has 22 heavy (non-hydrogen) atoms. The normalized spacial score (nSPS) is 11.1. The highest BCUT2D eigenvalue weighted by molar-refractivity contribution is 5.67. The largest absolute Gasteiger partial charge is 0.282 e. The second kappa shape index (κ2) is 5.67. The lowest BCUT2D eigenvalue weighted by molar-refractivity contribution is 0.146. The van der Waals surface area contributed by atoms with Gasteiger partial charge in [-0.05, 0) is 24.6 Å². The first-order valence-electron chi connectivity index (χ1n) is 6.77. The Morgan fingerprint density at radius 2 is 1.59 bits per heavy atom. The molecule has 0 saturated carbocycles. The van der Waals surface area contributed by atoms with Crippen molar-refractivity contribution >= 4 is 0 Å². The number of nitrogens with zero attached hydrogens (tertiary/aromatic N) is 2. The van der Waals surface area contributed by atoms with Crippen molar-refractivity contribution in [2.75, 3.05) is 0 Å². The van der Waals surface area contributed by atoms with Gasteiger partial charge in [0.15, 0.2) is 0 Å². The number of halogens is 3. The van der Waals surface area contributed by atoms with Crippen LogP contribution in [0.3, 0.4) is 0 Å². The Labute approximate surface area is 125 Å². The molecule has 0 aliphatic heterocycles. The van der Waals surface area contributed by atoms with E-state index in [1.165, 1.54) is 0 Å². The Hall–Kier alpha value is -2.56. The minimum atomic E-state index is -2.85. The molecule has 3 rings (SSSR count). The third-order valence-electron chi connectivity index (χ3n) is 3.40. The third kappa shape index (κ3) is 2.50. The maximum Gasteiger partial charge on any atom is 0.282 e. The highest BCUT2D eigenvalue weighted by Gasteiger charge is 2.26. The van der Waals surface area contributed by atoms with E-state index in [0.29, 0.717) is 11.3 Å². The first-order chi connectivity index (χ1) is 10.6. The fourth-order valence-corrected chi connectivity index (χ4v) is 2.29. The molecule has 5 heteroatoms. The summed E-state index contributed by atoms with van der Waals surface area (Å²) in [5, 5.41) is 3.78. The van der Waals surface area contributed by atoms with E-state index < -0.39 is 18.1 Å². The van der Waals surface area contributed by atoms with Gasteiger partial charge in [0.2, 0.25) is 5.95 Å². The molecular formula is C17H13F3N2. The van der Waals surface area contributed by atoms with Crippen molar-refractivity contribution < 1.29 is 13.2 Å². The van der Waals surface area contributed by atoms with Crippen LogP contribution < -0.4 is 0 Å². The summed E-state index contributed by atoms with van der Waals surface area (Å²) in [7, 11) is 0. The van der Waals surface area contributed by atoms with Gasteiger partial charge < -0.3 is 0 Å². The molecule has 1 heterocycles. The van der Waals surface area contributed by atoms with Gasteiger partial charge in [-0.3, -0.25) is 0 Å². The van der Waals surface area contributed by atoms with Crippen LogP contribution in [0.25, 0.3) is 16.8 Å². The molecule has 0 N–H and O–H groups in total. The van der Waals surface area contributed by atoms with E-state index in [1.54, 1.807) is 54.6 Å². The van der Waals surface area contributed by atoms with Gasteiger partial charge in [-0.15, -0.1) is 0 Å². The van der Waals surface area contributed by atoms with E-state index in [2.05, 4.69) is 5.10 Å². The van der Waals surface area contributed by atoms with Gasteiger partial charge in [-0.25, -0.2) is 13.5 Å². The molecule has 1 aromatic heterocycles. The maximum absolute atomic E-state index is 14.7. The molecule has 0 bridgehead atoms. The third-order valence-corrected chi connectivity index (χ3v) is 3.40. The van der Waals surface area contributed by atoms with Gasteiger partial charge in [0.05, 0.1) is 11.3 Å². The average molecular weight is 302 g/mol. The Balaban J connectivity index is 2.20. The van der Waals surface area contributed by atoms with Crippen molar-refractivity contribution in [1.29, 1.82) is 0 Å². The summed E-state index contributed by atoms with van der Waals surface area (Å²) in [6.07, 6.45) is -2.85. The monoisotopic (exact) mass is 302 g/mol. The average Bonchev–Trinajstić information content (AvgIpc) is 2.87. The van der Waals surface area contributed by atoms with E-state index >= 15 is 0 Å². The maximum atomic E-state index is 14.7. The summed E-state index contributed by atoms with van der Waals surface area (Å²) < 4.78 is 42.1. The fourth-order valence-electron chi connectivity index (χ4n) is 2.29. The second-order valence-corrected chi connectivity index (χ2v) is 4.97. The van der Waals surface area contributed by atoms with Gasteiger partial charge in [-0.2, -0.15) is 9.49 Å². The molecule has 0 fully saturated rings. The zero-order valence-electron chi connectivity index (χ0n) is 11.8. The summed E-state index contributed by atoms with van der Waals surface area (Å²) in [6.45, 7) is 1.89. The molecule has 112 valence electrons. The van der Waals surface area contributed by atoms with Crippen molar-refractivity contribution in [2.45, 2.75) is 13.3 Å². The van der Waals surface area contributed by atoms with E-state index in [-0.39, 0.29) is 5.56 Å². The van der Waals surface area contributed by atoms with Crippen molar-refractivity contribution in [1.82, 2.24) is 9.78 Å². The van der Waals surface area contributed by atoms with Gasteiger partial charge in [-0.1, -0.05) is 48.0 Å². The van der Waals surface area contributed by atoms with Crippen LogP contribution in [0.2, 0.25) is 0 Å². The van der Waals surface area contributed by atoms with Crippen LogP contribution in [0, 0.1) is 12.9 Å². The zero-order chi connectivity index (χ0) is 15.7. The fraction of sp³-hybridized carbons (Fsp3) is 0.118. The van der Waals surface area contributed by atoms with E-state index in [1.807, 2.05) is 6.92 Å². The molecule has 3 aromatic rings. The van der Waals surface area contributed by atoms with Gasteiger partial charge in [0.1, 0.15) is 5.69 Å². The Bertz CT molecular complexity index is 778. The molecule has 0 unspecified atom stereocenters. The summed E-state index contributed by atoms with van der Waals surface area (Å²) in [5.74, 6) is -0.787. The van der Waals surface area contributed by atoms with Gasteiger partial charge >= 0.3 is 0 Å². The first kappa shape index (κ1) is 14.4. The van der Waals surface area contributed by atoms with Crippen LogP contribution in [-0.4, -0.2) is 9.78 Å². The lowest BCUT2D eigenvalue weighted by Crippen LogP contribution is -2.00. The van der Waals surface area contributed by atoms with Gasteiger partial charge in [0.25, 0.3) is 6.43 Å². The summed E-state index contributed by atoms with van der Waals surface area (Å²) in [5.41, 5.74) is 1.08. The van der Waals surface area contributed by atoms with Crippen LogP contribution in [0.1, 0.15) is 17.7 Å². The minimum absolute atomic E-state index is 0.156. The molecule has 2 nitrogen and oxygen atoms in total. The highest BCUT2D eigenvalue weighted by atomic mass is 19.3. The molecule has 0 atom stereocenters. The second-order valence-electron chi connectivity index (χ2n) is 4.97. The molecular weight excluding hydrogens is 289 g/mol. The molecule has 0 saturated heterocycles. The Kier molecular flexibility index (Phi) is 3.71. The Morgan fingerprint density at radius 1 is 0.955 bits per heavy atom. The molecule has 0 aliphatic rings. The predicted molar refractivity (Wildman–Crippen MR) is 78.7 cm³/mol. The van der Waals surface area contributed by atoms with Crippen LogP contribution in [0.4, 0.5) is 13.2 Å². The van der Waals surface area contributed by atoms with Crippen LogP contribution in [0.15, 0.2) is 54.6 Å². The minimum Gasteiger partial charge on any atom is -0.206 e. The summed E-state index contributed by atoms with van der Waals surface area (Å²) in [6, 6.07) is 15.1. The molecule has 0 amide bonds. The zero-order valence-corrected chi connectivity index (χ0v) is 11.8. The predicted octanol–water partition coefficient (Wildman–Crippen LogP) is 4.92. The molecule has 0 radical (unpaired) electrons. The van der Waals surface area contributed by atoms with Crippen LogP contribution in [0.5, 0.6) is 0 Å². The lowest BCUT2D eigenvalue weighted by Gasteiger charge is -2.03. The van der Waals surface area contributed by atoms with Crippen molar-refractivity contribution in [3.05, 3.63) is 71.8 Å². The summed E-state index contributed by atoms with van der Waals surface area (Å²) >= 11 is 0. The number of alkyl halides is 2. The van der Waals surface area contributed by atoms with Crippen LogP contribution in [-0.2, 0) is 0 Å². The standard InChI is InChI=1S/C17H13F3N2/c1-11-7-9-13(10-8-11)22-17(20)14(15(21-22)16(18)19)12-5-3-2-4-6-12/h2-10,16H,1H3. The number of aromatic nitrogens is 2. The number of benzene rings is 2. The quantitative estimate of drug-likeness (QED) is 0.671. The van der Waals surface area contributed by atoms with E-state index in [0.717, 1.165) is 10.2 Å². The highest BCUT2D eigenvalue weighted by Crippen LogP contribution is 2.33. The molecule has 0 aliphatic carbocycles. The van der Waals surface area contributed by atoms with Crippen molar-refractivity contribution in [2.24, 2.45) is 0 Å². The van der Waals surface area contributed by atoms with Crippen LogP contribution >= 0.6 is 0 Å². The number of aryl methyl sites for hydroxylation is 1. The topological polar surface area (TPSA) is 17.8 Å². The SMILES string of the molecule is Cc1ccc(-n2nc(C(F)F)c(-c3ccccc3)c2F)cc1. The number of rotatable bonds is 3. The van der Waals surface area contributed by atoms with E-state index in [4.69, 9.17) is 0 Å². The molecule has 0 spiro atoms. The smallest absolute Gasteiger partial charge is 0.206 e. The number of hydrogen-bond acceptors (Lipinski definition) is 1. The lowest BCUT2D eigenvalue weighted by atomic mass is 10.1. The first-order valence-corrected chi connectivity index (χ1v) is 6.77. The molecule has 2 aromatic carbocycles. The summed E-state index contributed by atoms with van der Waals surface area (Å²) in [4.78, 5) is 0. The Morgan fingerprint density at radius 3 is 2.18 bits per heavy atom.